The van der Waals surface area contributed by atoms with Gasteiger partial charge in [-0.15, -0.1) is 0 Å². The Labute approximate surface area is 84.2 Å². The highest BCUT2D eigenvalue weighted by Gasteiger charge is 2.25. The first-order chi connectivity index (χ1) is 6.79. The van der Waals surface area contributed by atoms with Crippen molar-refractivity contribution in [2.45, 2.75) is 31.9 Å². The molecule has 0 bridgehead atoms. The van der Waals surface area contributed by atoms with Crippen LogP contribution in [0.25, 0.3) is 0 Å². The van der Waals surface area contributed by atoms with Crippen molar-refractivity contribution in [3.05, 3.63) is 23.7 Å². The number of rotatable bonds is 5. The Kier molecular flexibility index (Phi) is 2.89. The summed E-state index contributed by atoms with van der Waals surface area (Å²) in [7, 11) is 1.66. The van der Waals surface area contributed by atoms with E-state index < -0.39 is 0 Å². The normalized spacial score (nSPS) is 18.4. The Morgan fingerprint density at radius 2 is 2.36 bits per heavy atom. The summed E-state index contributed by atoms with van der Waals surface area (Å²) in [6.45, 7) is 0.524. The molecule has 0 amide bonds. The van der Waals surface area contributed by atoms with Gasteiger partial charge in [-0.25, -0.2) is 0 Å². The average molecular weight is 195 g/mol. The maximum atomic E-state index is 6.01. The van der Waals surface area contributed by atoms with Crippen LogP contribution >= 0.6 is 0 Å². The zero-order valence-corrected chi connectivity index (χ0v) is 8.53. The molecule has 3 heteroatoms. The fourth-order valence-electron chi connectivity index (χ4n) is 1.64. The van der Waals surface area contributed by atoms with Crippen LogP contribution in [0.1, 0.15) is 36.8 Å². The molecule has 0 radical (unpaired) electrons. The average Bonchev–Trinajstić information content (AvgIpc) is 2.83. The minimum atomic E-state index is 0.0631. The molecule has 2 N–H and O–H groups in total. The second-order valence-corrected chi connectivity index (χ2v) is 4.02. The fourth-order valence-corrected chi connectivity index (χ4v) is 1.64. The topological polar surface area (TPSA) is 48.4 Å². The summed E-state index contributed by atoms with van der Waals surface area (Å²) in [5.41, 5.74) is 6.01. The van der Waals surface area contributed by atoms with Crippen LogP contribution in [0, 0.1) is 5.92 Å². The highest BCUT2D eigenvalue weighted by atomic mass is 16.5. The van der Waals surface area contributed by atoms with E-state index in [9.17, 15) is 0 Å². The smallest absolute Gasteiger partial charge is 0.129 e. The Morgan fingerprint density at radius 1 is 1.57 bits per heavy atom. The molecule has 3 nitrogen and oxygen atoms in total. The van der Waals surface area contributed by atoms with Crippen LogP contribution in [0.3, 0.4) is 0 Å². The van der Waals surface area contributed by atoms with Crippen molar-refractivity contribution in [1.29, 1.82) is 0 Å². The van der Waals surface area contributed by atoms with Gasteiger partial charge in [0.15, 0.2) is 0 Å². The fraction of sp³-hybridized carbons (Fsp3) is 0.636. The van der Waals surface area contributed by atoms with Gasteiger partial charge in [-0.05, 0) is 24.5 Å². The minimum Gasteiger partial charge on any atom is -0.462 e. The first kappa shape index (κ1) is 9.74. The molecule has 1 atom stereocenters. The van der Waals surface area contributed by atoms with E-state index in [1.807, 2.05) is 12.1 Å². The van der Waals surface area contributed by atoms with Crippen molar-refractivity contribution in [3.8, 4) is 0 Å². The van der Waals surface area contributed by atoms with Crippen LogP contribution in [-0.4, -0.2) is 7.11 Å². The first-order valence-corrected chi connectivity index (χ1v) is 5.12. The van der Waals surface area contributed by atoms with Gasteiger partial charge in [-0.3, -0.25) is 0 Å². The number of ether oxygens (including phenoxy) is 1. The molecule has 1 saturated carbocycles. The lowest BCUT2D eigenvalue weighted by Gasteiger charge is -2.06. The van der Waals surface area contributed by atoms with Gasteiger partial charge in [0.05, 0.1) is 6.04 Å². The van der Waals surface area contributed by atoms with Crippen LogP contribution in [0.2, 0.25) is 0 Å². The summed E-state index contributed by atoms with van der Waals surface area (Å²) in [4.78, 5) is 0. The van der Waals surface area contributed by atoms with Gasteiger partial charge in [0, 0.05) is 7.11 Å². The molecule has 2 rings (SSSR count). The minimum absolute atomic E-state index is 0.0631. The highest BCUT2D eigenvalue weighted by Crippen LogP contribution is 2.36. The first-order valence-electron chi connectivity index (χ1n) is 5.12. The molecular formula is C11H17NO2. The predicted octanol–water partition coefficient (Wildman–Crippen LogP) is 2.23. The van der Waals surface area contributed by atoms with Crippen molar-refractivity contribution in [2.75, 3.05) is 7.11 Å². The quantitative estimate of drug-likeness (QED) is 0.783. The molecule has 0 saturated heterocycles. The maximum absolute atomic E-state index is 6.01. The van der Waals surface area contributed by atoms with Crippen molar-refractivity contribution in [2.24, 2.45) is 11.7 Å². The Bertz CT molecular complexity index is 291. The molecule has 14 heavy (non-hydrogen) atoms. The van der Waals surface area contributed by atoms with E-state index in [-0.39, 0.29) is 6.04 Å². The largest absolute Gasteiger partial charge is 0.462 e. The van der Waals surface area contributed by atoms with Crippen molar-refractivity contribution < 1.29 is 9.15 Å². The molecule has 1 fully saturated rings. The maximum Gasteiger partial charge on any atom is 0.129 e. The Hall–Kier alpha value is -0.800. The van der Waals surface area contributed by atoms with Gasteiger partial charge in [0.25, 0.3) is 0 Å². The van der Waals surface area contributed by atoms with Crippen LogP contribution in [0.4, 0.5) is 0 Å². The summed E-state index contributed by atoms with van der Waals surface area (Å²) in [5, 5.41) is 0. The number of nitrogens with two attached hydrogens (primary N) is 1. The SMILES string of the molecule is COCc1ccc(C(N)CC2CC2)o1. The third-order valence-corrected chi connectivity index (χ3v) is 2.62. The molecule has 1 aliphatic carbocycles. The van der Waals surface area contributed by atoms with E-state index in [0.29, 0.717) is 6.61 Å². The van der Waals surface area contributed by atoms with Gasteiger partial charge >= 0.3 is 0 Å². The van der Waals surface area contributed by atoms with Gasteiger partial charge in [-0.2, -0.15) is 0 Å². The lowest BCUT2D eigenvalue weighted by molar-refractivity contribution is 0.161. The second kappa shape index (κ2) is 4.15. The number of hydrogen-bond donors (Lipinski definition) is 1. The summed E-state index contributed by atoms with van der Waals surface area (Å²) < 4.78 is 10.5. The van der Waals surface area contributed by atoms with Crippen LogP contribution in [0.15, 0.2) is 16.5 Å². The van der Waals surface area contributed by atoms with E-state index in [1.165, 1.54) is 12.8 Å². The van der Waals surface area contributed by atoms with Crippen LogP contribution in [0.5, 0.6) is 0 Å². The molecule has 1 aliphatic rings. The summed E-state index contributed by atoms with van der Waals surface area (Å²) in [6.07, 6.45) is 3.72. The molecular weight excluding hydrogens is 178 g/mol. The third-order valence-electron chi connectivity index (χ3n) is 2.62. The monoisotopic (exact) mass is 195 g/mol. The van der Waals surface area contributed by atoms with E-state index in [4.69, 9.17) is 14.9 Å². The predicted molar refractivity (Wildman–Crippen MR) is 53.7 cm³/mol. The van der Waals surface area contributed by atoms with Crippen molar-refractivity contribution in [1.82, 2.24) is 0 Å². The number of hydrogen-bond acceptors (Lipinski definition) is 3. The van der Waals surface area contributed by atoms with E-state index >= 15 is 0 Å². The highest BCUT2D eigenvalue weighted by molar-refractivity contribution is 5.10. The standard InChI is InChI=1S/C11H17NO2/c1-13-7-9-4-5-11(14-9)10(12)6-8-2-3-8/h4-5,8,10H,2-3,6-7,12H2,1H3. The Morgan fingerprint density at radius 3 is 3.00 bits per heavy atom. The van der Waals surface area contributed by atoms with Crippen LogP contribution in [-0.2, 0) is 11.3 Å². The number of methoxy groups -OCH3 is 1. The lowest BCUT2D eigenvalue weighted by atomic mass is 10.1. The molecule has 1 aromatic heterocycles. The third kappa shape index (κ3) is 2.36. The van der Waals surface area contributed by atoms with Gasteiger partial charge in [-0.1, -0.05) is 12.8 Å². The second-order valence-electron chi connectivity index (χ2n) is 4.02. The summed E-state index contributed by atoms with van der Waals surface area (Å²) in [5.74, 6) is 2.58. The summed E-state index contributed by atoms with van der Waals surface area (Å²) in [6, 6.07) is 3.96. The molecule has 0 aliphatic heterocycles. The molecule has 1 unspecified atom stereocenters. The number of furan rings is 1. The summed E-state index contributed by atoms with van der Waals surface area (Å²) >= 11 is 0. The molecule has 78 valence electrons. The zero-order valence-electron chi connectivity index (χ0n) is 8.53. The van der Waals surface area contributed by atoms with Gasteiger partial charge in [0.1, 0.15) is 18.1 Å². The molecule has 1 heterocycles. The van der Waals surface area contributed by atoms with E-state index in [1.54, 1.807) is 7.11 Å². The molecule has 0 aromatic carbocycles. The Balaban J connectivity index is 1.92. The van der Waals surface area contributed by atoms with Crippen molar-refractivity contribution in [3.63, 3.8) is 0 Å². The van der Waals surface area contributed by atoms with Crippen LogP contribution < -0.4 is 5.73 Å². The van der Waals surface area contributed by atoms with Gasteiger partial charge < -0.3 is 14.9 Å². The van der Waals surface area contributed by atoms with Crippen molar-refractivity contribution >= 4 is 0 Å². The zero-order chi connectivity index (χ0) is 9.97. The molecule has 1 aromatic rings. The van der Waals surface area contributed by atoms with E-state index in [0.717, 1.165) is 23.9 Å². The molecule has 0 spiro atoms. The lowest BCUT2D eigenvalue weighted by Crippen LogP contribution is -2.09. The van der Waals surface area contributed by atoms with E-state index in [2.05, 4.69) is 0 Å². The van der Waals surface area contributed by atoms with Gasteiger partial charge in [0.2, 0.25) is 0 Å².